The highest BCUT2D eigenvalue weighted by molar-refractivity contribution is 5.93. The van der Waals surface area contributed by atoms with Crippen LogP contribution in [-0.2, 0) is 11.8 Å². The summed E-state index contributed by atoms with van der Waals surface area (Å²) >= 11 is 0. The highest BCUT2D eigenvalue weighted by Crippen LogP contribution is 2.40. The van der Waals surface area contributed by atoms with Crippen molar-refractivity contribution in [3.63, 3.8) is 0 Å². The van der Waals surface area contributed by atoms with Gasteiger partial charge in [0.05, 0.1) is 24.8 Å². The molecule has 1 aliphatic carbocycles. The molecular weight excluding hydrogens is 418 g/mol. The van der Waals surface area contributed by atoms with Crippen LogP contribution in [0.1, 0.15) is 37.7 Å². The number of nitrogens with zero attached hydrogens (tertiary/aromatic N) is 3. The molecule has 1 saturated heterocycles. The zero-order valence-corrected chi connectivity index (χ0v) is 18.3. The molecule has 1 amide bonds. The van der Waals surface area contributed by atoms with Crippen LogP contribution in [0.15, 0.2) is 41.5 Å². The van der Waals surface area contributed by atoms with Crippen molar-refractivity contribution >= 4 is 11.7 Å². The quantitative estimate of drug-likeness (QED) is 0.708. The summed E-state index contributed by atoms with van der Waals surface area (Å²) in [4.78, 5) is 30.4. The third-order valence-corrected chi connectivity index (χ3v) is 6.27. The van der Waals surface area contributed by atoms with E-state index in [1.54, 1.807) is 30.2 Å². The van der Waals surface area contributed by atoms with Crippen molar-refractivity contribution < 1.29 is 18.3 Å². The van der Waals surface area contributed by atoms with Crippen molar-refractivity contribution in [1.29, 1.82) is 0 Å². The molecule has 1 saturated carbocycles. The number of rotatable bonds is 7. The Labute approximate surface area is 185 Å². The van der Waals surface area contributed by atoms with Gasteiger partial charge >= 0.3 is 0 Å². The molecule has 2 aromatic heterocycles. The number of aromatic nitrogens is 2. The highest BCUT2D eigenvalue weighted by atomic mass is 19.3. The summed E-state index contributed by atoms with van der Waals surface area (Å²) in [6.07, 6.45) is 5.06. The Kier molecular flexibility index (Phi) is 6.28. The lowest BCUT2D eigenvalue weighted by Crippen LogP contribution is -2.52. The number of anilines is 1. The summed E-state index contributed by atoms with van der Waals surface area (Å²) in [5, 5.41) is 2.76. The number of carbonyl (C=O) groups is 1. The van der Waals surface area contributed by atoms with Crippen molar-refractivity contribution in [3.05, 3.63) is 52.6 Å². The molecule has 2 aliphatic rings. The van der Waals surface area contributed by atoms with Gasteiger partial charge in [-0.05, 0) is 43.4 Å². The Balaban J connectivity index is 1.39. The Bertz CT molecular complexity index is 1020. The van der Waals surface area contributed by atoms with Gasteiger partial charge < -0.3 is 14.6 Å². The van der Waals surface area contributed by atoms with Crippen LogP contribution >= 0.6 is 0 Å². The maximum atomic E-state index is 14.7. The molecular formula is C23H28F2N4O3. The highest BCUT2D eigenvalue weighted by Gasteiger charge is 2.46. The number of piperidine rings is 1. The fourth-order valence-corrected chi connectivity index (χ4v) is 3.88. The van der Waals surface area contributed by atoms with E-state index in [0.717, 1.165) is 0 Å². The number of hydrogen-bond donors (Lipinski definition) is 1. The summed E-state index contributed by atoms with van der Waals surface area (Å²) in [6, 6.07) is 5.56. The van der Waals surface area contributed by atoms with Crippen molar-refractivity contribution in [2.24, 2.45) is 13.0 Å². The minimum atomic E-state index is -2.91. The van der Waals surface area contributed by atoms with E-state index < -0.39 is 17.9 Å². The zero-order chi connectivity index (χ0) is 22.9. The van der Waals surface area contributed by atoms with Crippen LogP contribution in [0.3, 0.4) is 0 Å². The Morgan fingerprint density at radius 2 is 2.09 bits per heavy atom. The minimum Gasteiger partial charge on any atom is -0.492 e. The summed E-state index contributed by atoms with van der Waals surface area (Å²) in [7, 11) is 1.54. The fraction of sp³-hybridized carbons (Fsp3) is 0.522. The van der Waals surface area contributed by atoms with Gasteiger partial charge in [-0.1, -0.05) is 6.07 Å². The summed E-state index contributed by atoms with van der Waals surface area (Å²) < 4.78 is 36.3. The monoisotopic (exact) mass is 446 g/mol. The molecule has 2 aromatic rings. The molecule has 0 bridgehead atoms. The molecule has 7 nitrogen and oxygen atoms in total. The number of amides is 1. The van der Waals surface area contributed by atoms with Gasteiger partial charge in [-0.15, -0.1) is 0 Å². The maximum Gasteiger partial charge on any atom is 0.257 e. The fourth-order valence-electron chi connectivity index (χ4n) is 3.88. The molecule has 2 fully saturated rings. The molecule has 9 heteroatoms. The van der Waals surface area contributed by atoms with E-state index in [1.807, 2.05) is 0 Å². The Morgan fingerprint density at radius 1 is 1.31 bits per heavy atom. The number of halogens is 2. The summed E-state index contributed by atoms with van der Waals surface area (Å²) in [5.74, 6) is -2.65. The van der Waals surface area contributed by atoms with Gasteiger partial charge in [0.1, 0.15) is 11.6 Å². The summed E-state index contributed by atoms with van der Waals surface area (Å²) in [6.45, 7) is 2.50. The average molecular weight is 446 g/mol. The summed E-state index contributed by atoms with van der Waals surface area (Å²) in [5.41, 5.74) is 0.131. The van der Waals surface area contributed by atoms with E-state index in [4.69, 9.17) is 4.74 Å². The SMILES string of the molecule is C[C@@H](C(=O)Nc1ccc(OCC2CC2)cn1)N1CCC(F)(F)[C@@H](c2ccc(=O)n(C)c2)C1. The lowest BCUT2D eigenvalue weighted by atomic mass is 9.87. The van der Waals surface area contributed by atoms with Gasteiger partial charge in [0.15, 0.2) is 0 Å². The van der Waals surface area contributed by atoms with E-state index in [9.17, 15) is 18.4 Å². The van der Waals surface area contributed by atoms with Crippen LogP contribution in [0.25, 0.3) is 0 Å². The lowest BCUT2D eigenvalue weighted by Gasteiger charge is -2.40. The normalized spacial score (nSPS) is 21.7. The van der Waals surface area contributed by atoms with Crippen LogP contribution in [0.4, 0.5) is 14.6 Å². The number of nitrogens with one attached hydrogen (secondary N) is 1. The van der Waals surface area contributed by atoms with Crippen LogP contribution in [0.2, 0.25) is 0 Å². The van der Waals surface area contributed by atoms with Crippen LogP contribution in [0, 0.1) is 5.92 Å². The van der Waals surface area contributed by atoms with E-state index in [0.29, 0.717) is 29.7 Å². The molecule has 1 N–H and O–H groups in total. The Morgan fingerprint density at radius 3 is 2.75 bits per heavy atom. The third-order valence-electron chi connectivity index (χ3n) is 6.27. The number of hydrogen-bond acceptors (Lipinski definition) is 5. The molecule has 0 aromatic carbocycles. The Hall–Kier alpha value is -2.81. The molecule has 32 heavy (non-hydrogen) atoms. The predicted octanol–water partition coefficient (Wildman–Crippen LogP) is 3.02. The first-order chi connectivity index (χ1) is 15.2. The standard InChI is InChI=1S/C23H28F2N4O3/c1-15(22(31)27-20-7-6-18(11-26-20)32-14-16-3-4-16)29-10-9-23(24,25)19(13-29)17-5-8-21(30)28(2)12-17/h5-8,11-12,15-16,19H,3-4,9-10,13-14H2,1-2H3,(H,26,27,31)/t15-,19+/m0/s1. The molecule has 3 heterocycles. The topological polar surface area (TPSA) is 76.5 Å². The van der Waals surface area contributed by atoms with Gasteiger partial charge in [0.2, 0.25) is 11.5 Å². The number of carbonyl (C=O) groups excluding carboxylic acids is 1. The molecule has 4 rings (SSSR count). The van der Waals surface area contributed by atoms with Crippen molar-refractivity contribution in [2.75, 3.05) is 25.0 Å². The van der Waals surface area contributed by atoms with E-state index in [-0.39, 0.29) is 31.0 Å². The number of ether oxygens (including phenoxy) is 1. The zero-order valence-electron chi connectivity index (χ0n) is 18.3. The maximum absolute atomic E-state index is 14.7. The molecule has 0 radical (unpaired) electrons. The predicted molar refractivity (Wildman–Crippen MR) is 116 cm³/mol. The smallest absolute Gasteiger partial charge is 0.257 e. The van der Waals surface area contributed by atoms with Crippen molar-refractivity contribution in [3.8, 4) is 5.75 Å². The molecule has 2 atom stereocenters. The number of aryl methyl sites for hydroxylation is 1. The van der Waals surface area contributed by atoms with Gasteiger partial charge in [-0.25, -0.2) is 13.8 Å². The van der Waals surface area contributed by atoms with Crippen molar-refractivity contribution in [1.82, 2.24) is 14.5 Å². The lowest BCUT2D eigenvalue weighted by molar-refractivity contribution is -0.125. The van der Waals surface area contributed by atoms with E-state index in [1.165, 1.54) is 42.8 Å². The van der Waals surface area contributed by atoms with Gasteiger partial charge in [0, 0.05) is 38.8 Å². The minimum absolute atomic E-state index is 0.0150. The first-order valence-corrected chi connectivity index (χ1v) is 10.9. The second-order valence-electron chi connectivity index (χ2n) is 8.77. The molecule has 0 spiro atoms. The van der Waals surface area contributed by atoms with Gasteiger partial charge in [-0.2, -0.15) is 0 Å². The first-order valence-electron chi connectivity index (χ1n) is 10.9. The molecule has 1 aliphatic heterocycles. The number of alkyl halides is 2. The van der Waals surface area contributed by atoms with Crippen LogP contribution < -0.4 is 15.6 Å². The van der Waals surface area contributed by atoms with Crippen molar-refractivity contribution in [2.45, 2.75) is 44.1 Å². The number of likely N-dealkylation sites (tertiary alicyclic amines) is 1. The van der Waals surface area contributed by atoms with E-state index in [2.05, 4.69) is 10.3 Å². The van der Waals surface area contributed by atoms with Gasteiger partial charge in [0.25, 0.3) is 5.92 Å². The first kappa shape index (κ1) is 22.4. The average Bonchev–Trinajstić information content (AvgIpc) is 3.59. The molecule has 172 valence electrons. The molecule has 0 unspecified atom stereocenters. The van der Waals surface area contributed by atoms with Crippen LogP contribution in [0.5, 0.6) is 5.75 Å². The van der Waals surface area contributed by atoms with E-state index >= 15 is 0 Å². The third kappa shape index (κ3) is 5.15. The largest absolute Gasteiger partial charge is 0.492 e. The van der Waals surface area contributed by atoms with Gasteiger partial charge in [-0.3, -0.25) is 14.5 Å². The number of pyridine rings is 2. The van der Waals surface area contributed by atoms with Crippen LogP contribution in [-0.4, -0.2) is 52.0 Å². The second kappa shape index (κ2) is 8.97. The second-order valence-corrected chi connectivity index (χ2v) is 8.77.